The van der Waals surface area contributed by atoms with Gasteiger partial charge in [0.15, 0.2) is 0 Å². The lowest BCUT2D eigenvalue weighted by atomic mass is 9.96. The maximum atomic E-state index is 13.3. The van der Waals surface area contributed by atoms with Crippen LogP contribution in [0, 0.1) is 0 Å². The Labute approximate surface area is 199 Å². The first-order chi connectivity index (χ1) is 16.7. The maximum Gasteiger partial charge on any atom is 0.419 e. The largest absolute Gasteiger partial charge is 0.419 e. The van der Waals surface area contributed by atoms with Gasteiger partial charge in [0.1, 0.15) is 11.4 Å². The molecule has 1 unspecified atom stereocenters. The van der Waals surface area contributed by atoms with Gasteiger partial charge in [-0.1, -0.05) is 0 Å². The summed E-state index contributed by atoms with van der Waals surface area (Å²) >= 11 is 0. The number of nitrogens with zero attached hydrogens (tertiary/aromatic N) is 5. The number of carbonyl (C=O) groups is 1. The molecule has 5 heterocycles. The van der Waals surface area contributed by atoms with Crippen LogP contribution in [0.15, 0.2) is 42.9 Å². The molecule has 0 aliphatic carbocycles. The highest BCUT2D eigenvalue weighted by atomic mass is 19.4. The predicted molar refractivity (Wildman–Crippen MR) is 120 cm³/mol. The number of aromatic nitrogens is 4. The zero-order chi connectivity index (χ0) is 24.8. The number of fused-ring (bicyclic) bond motifs is 2. The van der Waals surface area contributed by atoms with Crippen LogP contribution in [0.5, 0.6) is 0 Å². The number of ether oxygens (including phenoxy) is 1. The van der Waals surface area contributed by atoms with Crippen LogP contribution in [0.4, 0.5) is 23.8 Å². The molecule has 0 aromatic carbocycles. The molecule has 1 fully saturated rings. The standard InChI is InChI=1S/C23H24F3N7O2/c1-14(15-2-5-28-6-3-15)30-21(34)32-7-4-22(13-32)19-11-18(31-33(19)8-9-35-22)16-10-17(23(24,25)26)20(27)29-12-16/h2-3,5-6,10-12,14H,4,7-9,13H2,1H3,(H2,27,29)(H,30,34)/t14-,22?/m0/s1. The van der Waals surface area contributed by atoms with E-state index in [4.69, 9.17) is 10.5 Å². The quantitative estimate of drug-likeness (QED) is 0.586. The average Bonchev–Trinajstić information content (AvgIpc) is 3.46. The van der Waals surface area contributed by atoms with Crippen molar-refractivity contribution in [2.45, 2.75) is 37.7 Å². The first-order valence-electron chi connectivity index (χ1n) is 11.2. The Balaban J connectivity index is 1.37. The van der Waals surface area contributed by atoms with Crippen molar-refractivity contribution in [3.8, 4) is 11.3 Å². The van der Waals surface area contributed by atoms with Crippen molar-refractivity contribution in [1.29, 1.82) is 0 Å². The maximum absolute atomic E-state index is 13.3. The highest BCUT2D eigenvalue weighted by molar-refractivity contribution is 5.75. The summed E-state index contributed by atoms with van der Waals surface area (Å²) in [6.45, 7) is 3.51. The molecule has 2 aliphatic heterocycles. The molecule has 2 aliphatic rings. The van der Waals surface area contributed by atoms with E-state index in [1.54, 1.807) is 28.0 Å². The Morgan fingerprint density at radius 1 is 1.26 bits per heavy atom. The molecule has 0 bridgehead atoms. The third-order valence-electron chi connectivity index (χ3n) is 6.51. The number of nitrogens with one attached hydrogen (secondary N) is 1. The summed E-state index contributed by atoms with van der Waals surface area (Å²) in [6, 6.07) is 5.94. The van der Waals surface area contributed by atoms with Crippen LogP contribution < -0.4 is 11.1 Å². The molecule has 3 N–H and O–H groups in total. The minimum absolute atomic E-state index is 0.202. The minimum Gasteiger partial charge on any atom is -0.383 e. The SMILES string of the molecule is C[C@H](NC(=O)N1CCC2(C1)OCCn1nc(-c3cnc(N)c(C(F)(F)F)c3)cc12)c1ccncc1. The van der Waals surface area contributed by atoms with E-state index in [2.05, 4.69) is 20.4 Å². The van der Waals surface area contributed by atoms with E-state index >= 15 is 0 Å². The molecule has 1 spiro atoms. The molecule has 3 aromatic heterocycles. The molecule has 5 rings (SSSR count). The number of rotatable bonds is 3. The lowest BCUT2D eigenvalue weighted by molar-refractivity contribution is -0.137. The lowest BCUT2D eigenvalue weighted by Crippen LogP contribution is -2.44. The van der Waals surface area contributed by atoms with Crippen LogP contribution in [0.1, 0.15) is 36.2 Å². The molecule has 0 saturated carbocycles. The fraction of sp³-hybridized carbons (Fsp3) is 0.391. The van der Waals surface area contributed by atoms with Gasteiger partial charge in [-0.15, -0.1) is 0 Å². The van der Waals surface area contributed by atoms with Gasteiger partial charge >= 0.3 is 12.2 Å². The predicted octanol–water partition coefficient (Wildman–Crippen LogP) is 3.34. The van der Waals surface area contributed by atoms with E-state index in [9.17, 15) is 18.0 Å². The number of nitrogen functional groups attached to an aromatic ring is 1. The molecule has 35 heavy (non-hydrogen) atoms. The summed E-state index contributed by atoms with van der Waals surface area (Å²) < 4.78 is 47.9. The fourth-order valence-corrected chi connectivity index (χ4v) is 4.63. The Bertz CT molecular complexity index is 1250. The number of alkyl halides is 3. The number of hydrogen-bond acceptors (Lipinski definition) is 6. The van der Waals surface area contributed by atoms with Crippen LogP contribution >= 0.6 is 0 Å². The Morgan fingerprint density at radius 2 is 2.03 bits per heavy atom. The number of likely N-dealkylation sites (tertiary alicyclic amines) is 1. The zero-order valence-corrected chi connectivity index (χ0v) is 18.9. The molecule has 9 nitrogen and oxygen atoms in total. The number of urea groups is 1. The van der Waals surface area contributed by atoms with Crippen LogP contribution in [-0.4, -0.2) is 50.4 Å². The van der Waals surface area contributed by atoms with Gasteiger partial charge in [-0.2, -0.15) is 18.3 Å². The second-order valence-corrected chi connectivity index (χ2v) is 8.76. The second kappa shape index (κ2) is 8.52. The third kappa shape index (κ3) is 4.29. The fourth-order valence-electron chi connectivity index (χ4n) is 4.63. The van der Waals surface area contributed by atoms with Crippen molar-refractivity contribution < 1.29 is 22.7 Å². The van der Waals surface area contributed by atoms with E-state index in [1.165, 1.54) is 6.20 Å². The zero-order valence-electron chi connectivity index (χ0n) is 18.9. The van der Waals surface area contributed by atoms with Crippen molar-refractivity contribution in [3.63, 3.8) is 0 Å². The number of halogens is 3. The van der Waals surface area contributed by atoms with Gasteiger partial charge in [-0.25, -0.2) is 9.78 Å². The summed E-state index contributed by atoms with van der Waals surface area (Å²) in [6.07, 6.45) is 0.547. The van der Waals surface area contributed by atoms with E-state index in [0.717, 1.165) is 17.3 Å². The van der Waals surface area contributed by atoms with E-state index in [1.807, 2.05) is 19.1 Å². The van der Waals surface area contributed by atoms with Crippen molar-refractivity contribution in [2.75, 3.05) is 25.4 Å². The molecule has 1 saturated heterocycles. The summed E-state index contributed by atoms with van der Waals surface area (Å²) in [5.74, 6) is -0.580. The topological polar surface area (TPSA) is 111 Å². The summed E-state index contributed by atoms with van der Waals surface area (Å²) in [7, 11) is 0. The number of pyridine rings is 2. The molecule has 12 heteroatoms. The molecule has 2 amide bonds. The summed E-state index contributed by atoms with van der Waals surface area (Å²) in [5.41, 5.74) is 5.87. The lowest BCUT2D eigenvalue weighted by Gasteiger charge is -2.34. The second-order valence-electron chi connectivity index (χ2n) is 8.76. The van der Waals surface area contributed by atoms with Crippen molar-refractivity contribution in [1.82, 2.24) is 30.0 Å². The third-order valence-corrected chi connectivity index (χ3v) is 6.51. The number of carbonyl (C=O) groups excluding carboxylic acids is 1. The van der Waals surface area contributed by atoms with Gasteiger partial charge in [0.05, 0.1) is 42.7 Å². The van der Waals surface area contributed by atoms with E-state index in [-0.39, 0.29) is 17.6 Å². The first-order valence-corrected chi connectivity index (χ1v) is 11.2. The van der Waals surface area contributed by atoms with Crippen LogP contribution in [-0.2, 0) is 23.1 Å². The minimum atomic E-state index is -4.62. The van der Waals surface area contributed by atoms with Gasteiger partial charge < -0.3 is 20.7 Å². The number of hydrogen-bond donors (Lipinski definition) is 2. The number of amides is 2. The number of nitrogens with two attached hydrogens (primary N) is 1. The summed E-state index contributed by atoms with van der Waals surface area (Å²) in [5, 5.41) is 7.51. The van der Waals surface area contributed by atoms with Gasteiger partial charge in [-0.3, -0.25) is 9.67 Å². The van der Waals surface area contributed by atoms with E-state index in [0.29, 0.717) is 38.4 Å². The molecule has 0 radical (unpaired) electrons. The van der Waals surface area contributed by atoms with Crippen molar-refractivity contribution >= 4 is 11.8 Å². The molecular weight excluding hydrogens is 463 g/mol. The Morgan fingerprint density at radius 3 is 2.77 bits per heavy atom. The van der Waals surface area contributed by atoms with Crippen LogP contribution in [0.25, 0.3) is 11.3 Å². The molecule has 184 valence electrons. The molecular formula is C23H24F3N7O2. The normalized spacial score (nSPS) is 20.6. The van der Waals surface area contributed by atoms with E-state index < -0.39 is 23.2 Å². The van der Waals surface area contributed by atoms with Crippen LogP contribution in [0.2, 0.25) is 0 Å². The Hall–Kier alpha value is -3.67. The van der Waals surface area contributed by atoms with Gasteiger partial charge in [0.25, 0.3) is 0 Å². The summed E-state index contributed by atoms with van der Waals surface area (Å²) in [4.78, 5) is 22.3. The van der Waals surface area contributed by atoms with Gasteiger partial charge in [-0.05, 0) is 36.8 Å². The monoisotopic (exact) mass is 487 g/mol. The Kier molecular flexibility index (Phi) is 5.62. The molecule has 3 aromatic rings. The smallest absolute Gasteiger partial charge is 0.383 e. The van der Waals surface area contributed by atoms with Gasteiger partial charge in [0.2, 0.25) is 0 Å². The van der Waals surface area contributed by atoms with Crippen LogP contribution in [0.3, 0.4) is 0 Å². The first kappa shape index (κ1) is 23.1. The number of anilines is 1. The van der Waals surface area contributed by atoms with Gasteiger partial charge in [0, 0.05) is 37.1 Å². The van der Waals surface area contributed by atoms with Crippen molar-refractivity contribution in [2.24, 2.45) is 0 Å². The highest BCUT2D eigenvalue weighted by Gasteiger charge is 2.47. The van der Waals surface area contributed by atoms with Crippen molar-refractivity contribution in [3.05, 3.63) is 59.7 Å². The molecule has 2 atom stereocenters. The highest BCUT2D eigenvalue weighted by Crippen LogP contribution is 2.41. The average molecular weight is 487 g/mol.